The molecule has 0 unspecified atom stereocenters. The third kappa shape index (κ3) is 5.81. The number of hydrogen-bond donors (Lipinski definition) is 2. The summed E-state index contributed by atoms with van der Waals surface area (Å²) in [4.78, 5) is 22.1. The molecule has 2 N–H and O–H groups in total. The summed E-state index contributed by atoms with van der Waals surface area (Å²) in [5.41, 5.74) is 0.874. The van der Waals surface area contributed by atoms with Crippen molar-refractivity contribution in [3.8, 4) is 5.88 Å². The highest BCUT2D eigenvalue weighted by Gasteiger charge is 2.23. The predicted molar refractivity (Wildman–Crippen MR) is 95.7 cm³/mol. The molecule has 1 fully saturated rings. The number of guanidine groups is 1. The van der Waals surface area contributed by atoms with Crippen molar-refractivity contribution in [2.24, 2.45) is 4.99 Å². The maximum atomic E-state index is 11.7. The van der Waals surface area contributed by atoms with E-state index in [1.165, 1.54) is 0 Å². The highest BCUT2D eigenvalue weighted by molar-refractivity contribution is 5.80. The molecule has 25 heavy (non-hydrogen) atoms. The van der Waals surface area contributed by atoms with Crippen molar-refractivity contribution in [3.05, 3.63) is 23.9 Å². The van der Waals surface area contributed by atoms with Crippen molar-refractivity contribution in [2.75, 3.05) is 33.9 Å². The van der Waals surface area contributed by atoms with Gasteiger partial charge < -0.3 is 25.0 Å². The molecule has 138 valence electrons. The Morgan fingerprint density at radius 3 is 2.80 bits per heavy atom. The fraction of sp³-hybridized carbons (Fsp3) is 0.588. The van der Waals surface area contributed by atoms with E-state index in [0.29, 0.717) is 32.1 Å². The predicted octanol–water partition coefficient (Wildman–Crippen LogP) is 1.38. The first kappa shape index (κ1) is 18.8. The molecule has 1 saturated heterocycles. The van der Waals surface area contributed by atoms with Crippen molar-refractivity contribution in [2.45, 2.75) is 32.4 Å². The Morgan fingerprint density at radius 2 is 2.16 bits per heavy atom. The number of nitrogens with zero attached hydrogens (tertiary/aromatic N) is 3. The zero-order valence-electron chi connectivity index (χ0n) is 15.1. The molecule has 0 saturated carbocycles. The van der Waals surface area contributed by atoms with Crippen LogP contribution in [0, 0.1) is 0 Å². The van der Waals surface area contributed by atoms with Crippen molar-refractivity contribution >= 4 is 12.1 Å². The topological polar surface area (TPSA) is 88.1 Å². The van der Waals surface area contributed by atoms with Gasteiger partial charge >= 0.3 is 6.09 Å². The van der Waals surface area contributed by atoms with E-state index in [1.54, 1.807) is 19.1 Å². The second-order valence-electron chi connectivity index (χ2n) is 5.70. The Balaban J connectivity index is 1.78. The maximum Gasteiger partial charge on any atom is 0.409 e. The Kier molecular flexibility index (Phi) is 7.31. The van der Waals surface area contributed by atoms with Gasteiger partial charge in [-0.3, -0.25) is 4.99 Å². The average Bonchev–Trinajstić information content (AvgIpc) is 2.66. The molecule has 1 aromatic rings. The zero-order chi connectivity index (χ0) is 18.1. The Morgan fingerprint density at radius 1 is 1.40 bits per heavy atom. The van der Waals surface area contributed by atoms with E-state index in [-0.39, 0.29) is 12.1 Å². The molecular formula is C17H27N5O3. The molecule has 0 aliphatic carbocycles. The SMILES string of the molecule is CCOC(=O)N1CCC(NC(=NC)NCc2cccc(OC)n2)CC1. The lowest BCUT2D eigenvalue weighted by molar-refractivity contribution is 0.0963. The van der Waals surface area contributed by atoms with E-state index >= 15 is 0 Å². The smallest absolute Gasteiger partial charge is 0.409 e. The van der Waals surface area contributed by atoms with Crippen LogP contribution in [0.3, 0.4) is 0 Å². The molecule has 8 nitrogen and oxygen atoms in total. The van der Waals surface area contributed by atoms with Gasteiger partial charge in [0, 0.05) is 32.2 Å². The van der Waals surface area contributed by atoms with Crippen molar-refractivity contribution < 1.29 is 14.3 Å². The summed E-state index contributed by atoms with van der Waals surface area (Å²) in [6, 6.07) is 5.92. The van der Waals surface area contributed by atoms with E-state index in [2.05, 4.69) is 20.6 Å². The summed E-state index contributed by atoms with van der Waals surface area (Å²) in [6.07, 6.45) is 1.49. The molecule has 0 spiro atoms. The van der Waals surface area contributed by atoms with E-state index in [0.717, 1.165) is 24.5 Å². The quantitative estimate of drug-likeness (QED) is 0.617. The van der Waals surface area contributed by atoms with Crippen molar-refractivity contribution in [1.29, 1.82) is 0 Å². The highest BCUT2D eigenvalue weighted by atomic mass is 16.6. The van der Waals surface area contributed by atoms with Crippen LogP contribution < -0.4 is 15.4 Å². The first-order valence-corrected chi connectivity index (χ1v) is 8.55. The summed E-state index contributed by atoms with van der Waals surface area (Å²) < 4.78 is 10.2. The van der Waals surface area contributed by atoms with Crippen LogP contribution in [0.25, 0.3) is 0 Å². The van der Waals surface area contributed by atoms with Crippen molar-refractivity contribution in [1.82, 2.24) is 20.5 Å². The van der Waals surface area contributed by atoms with Crippen LogP contribution >= 0.6 is 0 Å². The largest absolute Gasteiger partial charge is 0.481 e. The van der Waals surface area contributed by atoms with Gasteiger partial charge in [0.1, 0.15) is 0 Å². The number of carbonyl (C=O) groups is 1. The van der Waals surface area contributed by atoms with Gasteiger partial charge in [0.15, 0.2) is 5.96 Å². The Hall–Kier alpha value is -2.51. The van der Waals surface area contributed by atoms with Gasteiger partial charge in [0.05, 0.1) is 26.0 Å². The molecule has 0 bridgehead atoms. The lowest BCUT2D eigenvalue weighted by Crippen LogP contribution is -2.49. The number of amides is 1. The van der Waals surface area contributed by atoms with Gasteiger partial charge in [-0.15, -0.1) is 0 Å². The van der Waals surface area contributed by atoms with Crippen LogP contribution in [0.4, 0.5) is 4.79 Å². The Labute approximate surface area is 148 Å². The maximum absolute atomic E-state index is 11.7. The second-order valence-corrected chi connectivity index (χ2v) is 5.70. The molecule has 2 heterocycles. The summed E-state index contributed by atoms with van der Waals surface area (Å²) in [7, 11) is 3.34. The van der Waals surface area contributed by atoms with Gasteiger partial charge in [-0.2, -0.15) is 0 Å². The lowest BCUT2D eigenvalue weighted by atomic mass is 10.1. The monoisotopic (exact) mass is 349 g/mol. The molecule has 1 aliphatic rings. The number of aliphatic imine (C=N–C) groups is 1. The summed E-state index contributed by atoms with van der Waals surface area (Å²) in [6.45, 7) is 4.15. The first-order chi connectivity index (χ1) is 12.2. The number of carbonyl (C=O) groups excluding carboxylic acids is 1. The third-order valence-corrected chi connectivity index (χ3v) is 4.01. The number of nitrogens with one attached hydrogen (secondary N) is 2. The lowest BCUT2D eigenvalue weighted by Gasteiger charge is -2.32. The van der Waals surface area contributed by atoms with Crippen LogP contribution in [0.5, 0.6) is 5.88 Å². The minimum atomic E-state index is -0.229. The number of hydrogen-bond acceptors (Lipinski definition) is 5. The van der Waals surface area contributed by atoms with Gasteiger partial charge in [0.25, 0.3) is 0 Å². The molecular weight excluding hydrogens is 322 g/mol. The number of rotatable bonds is 5. The van der Waals surface area contributed by atoms with E-state index in [1.807, 2.05) is 25.1 Å². The highest BCUT2D eigenvalue weighted by Crippen LogP contribution is 2.11. The molecule has 1 aromatic heterocycles. The summed E-state index contributed by atoms with van der Waals surface area (Å²) in [5, 5.41) is 6.65. The number of methoxy groups -OCH3 is 1. The van der Waals surface area contributed by atoms with Crippen molar-refractivity contribution in [3.63, 3.8) is 0 Å². The molecule has 0 aromatic carbocycles. The summed E-state index contributed by atoms with van der Waals surface area (Å²) >= 11 is 0. The number of piperidine rings is 1. The molecule has 0 radical (unpaired) electrons. The van der Waals surface area contributed by atoms with E-state index in [9.17, 15) is 4.79 Å². The first-order valence-electron chi connectivity index (χ1n) is 8.55. The van der Waals surface area contributed by atoms with Gasteiger partial charge in [-0.25, -0.2) is 9.78 Å². The molecule has 1 amide bonds. The Bertz CT molecular complexity index is 585. The molecule has 0 atom stereocenters. The van der Waals surface area contributed by atoms with Gasteiger partial charge in [0.2, 0.25) is 5.88 Å². The zero-order valence-corrected chi connectivity index (χ0v) is 15.1. The fourth-order valence-electron chi connectivity index (χ4n) is 2.65. The number of likely N-dealkylation sites (tertiary alicyclic amines) is 1. The fourth-order valence-corrected chi connectivity index (χ4v) is 2.65. The van der Waals surface area contributed by atoms with E-state index in [4.69, 9.17) is 9.47 Å². The number of ether oxygens (including phenoxy) is 2. The minimum Gasteiger partial charge on any atom is -0.481 e. The molecule has 1 aliphatic heterocycles. The molecule has 8 heteroatoms. The standard InChI is InChI=1S/C17H27N5O3/c1-4-25-17(23)22-10-8-13(9-11-22)21-16(18-2)19-12-14-6-5-7-15(20-14)24-3/h5-7,13H,4,8-12H2,1-3H3,(H2,18,19,21). The number of pyridine rings is 1. The average molecular weight is 349 g/mol. The molecule has 2 rings (SSSR count). The van der Waals surface area contributed by atoms with Crippen LogP contribution in [0.15, 0.2) is 23.2 Å². The van der Waals surface area contributed by atoms with Crippen LogP contribution in [-0.4, -0.2) is 61.8 Å². The normalized spacial score (nSPS) is 15.6. The number of aromatic nitrogens is 1. The van der Waals surface area contributed by atoms with Crippen LogP contribution in [0.2, 0.25) is 0 Å². The minimum absolute atomic E-state index is 0.229. The van der Waals surface area contributed by atoms with E-state index < -0.39 is 0 Å². The second kappa shape index (κ2) is 9.71. The van der Waals surface area contributed by atoms with Crippen LogP contribution in [-0.2, 0) is 11.3 Å². The van der Waals surface area contributed by atoms with Gasteiger partial charge in [-0.1, -0.05) is 6.07 Å². The third-order valence-electron chi connectivity index (χ3n) is 4.01. The summed E-state index contributed by atoms with van der Waals surface area (Å²) in [5.74, 6) is 1.31. The van der Waals surface area contributed by atoms with Crippen LogP contribution in [0.1, 0.15) is 25.5 Å². The van der Waals surface area contributed by atoms with Gasteiger partial charge in [-0.05, 0) is 25.8 Å².